The smallest absolute Gasteiger partial charge is 0.305 e. The average Bonchev–Trinajstić information content (AvgIpc) is 2.69. The first-order valence-corrected chi connectivity index (χ1v) is 8.70. The van der Waals surface area contributed by atoms with Crippen molar-refractivity contribution in [3.63, 3.8) is 0 Å². The van der Waals surface area contributed by atoms with E-state index in [0.717, 1.165) is 13.1 Å². The van der Waals surface area contributed by atoms with Crippen LogP contribution in [-0.4, -0.2) is 57.2 Å². The zero-order chi connectivity index (χ0) is 14.8. The minimum Gasteiger partial charge on any atom is -0.379 e. The van der Waals surface area contributed by atoms with Crippen molar-refractivity contribution < 1.29 is 13.2 Å². The summed E-state index contributed by atoms with van der Waals surface area (Å²) in [6, 6.07) is -0.227. The summed E-state index contributed by atoms with van der Waals surface area (Å²) >= 11 is 0.714. The summed E-state index contributed by atoms with van der Waals surface area (Å²) in [4.78, 5) is 15.5. The van der Waals surface area contributed by atoms with Crippen molar-refractivity contribution >= 4 is 21.4 Å². The highest BCUT2D eigenvalue weighted by molar-refractivity contribution is 7.91. The number of aromatic amines is 1. The molecule has 1 atom stereocenters. The van der Waals surface area contributed by atoms with E-state index in [-0.39, 0.29) is 15.1 Å². The van der Waals surface area contributed by atoms with Crippen LogP contribution in [0.5, 0.6) is 0 Å². The number of hydrogen-bond acceptors (Lipinski definition) is 6. The summed E-state index contributed by atoms with van der Waals surface area (Å²) in [6.45, 7) is 7.00. The molecule has 2 rings (SSSR count). The van der Waals surface area contributed by atoms with E-state index in [9.17, 15) is 13.2 Å². The first kappa shape index (κ1) is 15.6. The third kappa shape index (κ3) is 3.89. The maximum Gasteiger partial charge on any atom is 0.305 e. The number of sulfonamides is 1. The average molecular weight is 321 g/mol. The number of thiazole rings is 1. The molecule has 114 valence electrons. The minimum atomic E-state index is -3.64. The second-order valence-corrected chi connectivity index (χ2v) is 7.75. The Balaban J connectivity index is 2.00. The molecule has 1 fully saturated rings. The van der Waals surface area contributed by atoms with Crippen LogP contribution in [0.1, 0.15) is 12.6 Å². The molecule has 0 bridgehead atoms. The fourth-order valence-electron chi connectivity index (χ4n) is 2.17. The molecule has 0 amide bonds. The first-order chi connectivity index (χ1) is 9.38. The molecule has 1 unspecified atom stereocenters. The van der Waals surface area contributed by atoms with E-state index >= 15 is 0 Å². The number of aryl methyl sites for hydroxylation is 1. The number of rotatable bonds is 5. The van der Waals surface area contributed by atoms with Crippen molar-refractivity contribution in [2.45, 2.75) is 24.1 Å². The Bertz CT molecular complexity index is 601. The highest BCUT2D eigenvalue weighted by atomic mass is 32.2. The number of nitrogens with zero attached hydrogens (tertiary/aromatic N) is 1. The predicted octanol–water partition coefficient (Wildman–Crippen LogP) is -0.256. The van der Waals surface area contributed by atoms with Crippen molar-refractivity contribution in [1.29, 1.82) is 0 Å². The van der Waals surface area contributed by atoms with Crippen molar-refractivity contribution in [2.75, 3.05) is 32.8 Å². The molecule has 0 radical (unpaired) electrons. The van der Waals surface area contributed by atoms with E-state index in [1.807, 2.05) is 6.92 Å². The molecule has 2 heterocycles. The lowest BCUT2D eigenvalue weighted by molar-refractivity contribution is 0.0354. The van der Waals surface area contributed by atoms with Gasteiger partial charge in [-0.2, -0.15) is 0 Å². The normalized spacial score (nSPS) is 19.1. The largest absolute Gasteiger partial charge is 0.379 e. The van der Waals surface area contributed by atoms with Crippen molar-refractivity contribution in [3.8, 4) is 0 Å². The van der Waals surface area contributed by atoms with Gasteiger partial charge in [0.1, 0.15) is 0 Å². The summed E-state index contributed by atoms with van der Waals surface area (Å²) in [6.07, 6.45) is 0. The van der Waals surface area contributed by atoms with Gasteiger partial charge in [0.2, 0.25) is 0 Å². The third-order valence-corrected chi connectivity index (χ3v) is 6.21. The summed E-state index contributed by atoms with van der Waals surface area (Å²) in [7, 11) is -3.64. The van der Waals surface area contributed by atoms with Gasteiger partial charge in [0.25, 0.3) is 10.0 Å². The van der Waals surface area contributed by atoms with Crippen LogP contribution in [0, 0.1) is 6.92 Å². The summed E-state index contributed by atoms with van der Waals surface area (Å²) in [5.41, 5.74) is 0.381. The molecular weight excluding hydrogens is 302 g/mol. The van der Waals surface area contributed by atoms with E-state index in [0.29, 0.717) is 36.8 Å². The number of nitrogens with one attached hydrogen (secondary N) is 2. The fourth-order valence-corrected chi connectivity index (χ4v) is 4.73. The Morgan fingerprint density at radius 3 is 2.65 bits per heavy atom. The Labute approximate surface area is 122 Å². The highest BCUT2D eigenvalue weighted by Crippen LogP contribution is 2.16. The van der Waals surface area contributed by atoms with Gasteiger partial charge in [-0.15, -0.1) is 0 Å². The van der Waals surface area contributed by atoms with E-state index in [4.69, 9.17) is 4.74 Å². The lowest BCUT2D eigenvalue weighted by Crippen LogP contribution is -2.45. The first-order valence-electron chi connectivity index (χ1n) is 6.40. The van der Waals surface area contributed by atoms with Gasteiger partial charge in [-0.1, -0.05) is 11.3 Å². The van der Waals surface area contributed by atoms with Gasteiger partial charge in [0, 0.05) is 31.4 Å². The molecule has 0 saturated carbocycles. The van der Waals surface area contributed by atoms with Crippen LogP contribution in [0.4, 0.5) is 0 Å². The van der Waals surface area contributed by atoms with Gasteiger partial charge < -0.3 is 9.72 Å². The van der Waals surface area contributed by atoms with E-state index in [2.05, 4.69) is 14.6 Å². The third-order valence-electron chi connectivity index (χ3n) is 3.02. The van der Waals surface area contributed by atoms with E-state index in [1.165, 1.54) is 0 Å². The second-order valence-electron chi connectivity index (χ2n) is 4.86. The number of ether oxygens (including phenoxy) is 1. The van der Waals surface area contributed by atoms with Gasteiger partial charge in [-0.3, -0.25) is 9.69 Å². The number of aromatic nitrogens is 1. The lowest BCUT2D eigenvalue weighted by Gasteiger charge is -2.29. The van der Waals surface area contributed by atoms with Crippen LogP contribution < -0.4 is 9.60 Å². The van der Waals surface area contributed by atoms with Crippen LogP contribution in [0.15, 0.2) is 9.00 Å². The zero-order valence-corrected chi connectivity index (χ0v) is 13.1. The monoisotopic (exact) mass is 321 g/mol. The molecule has 1 aliphatic rings. The molecule has 1 aliphatic heterocycles. The molecule has 1 aromatic rings. The van der Waals surface area contributed by atoms with Gasteiger partial charge in [0.15, 0.2) is 4.21 Å². The van der Waals surface area contributed by atoms with Crippen LogP contribution in [-0.2, 0) is 14.8 Å². The molecule has 7 nitrogen and oxygen atoms in total. The molecule has 0 aromatic carbocycles. The van der Waals surface area contributed by atoms with Crippen LogP contribution in [0.2, 0.25) is 0 Å². The maximum atomic E-state index is 12.2. The Morgan fingerprint density at radius 1 is 1.45 bits per heavy atom. The fraction of sp³-hybridized carbons (Fsp3) is 0.727. The molecule has 1 saturated heterocycles. The van der Waals surface area contributed by atoms with Gasteiger partial charge >= 0.3 is 4.87 Å². The van der Waals surface area contributed by atoms with Crippen LogP contribution >= 0.6 is 11.3 Å². The number of morpholine rings is 1. The van der Waals surface area contributed by atoms with E-state index < -0.39 is 10.0 Å². The molecule has 9 heteroatoms. The second kappa shape index (κ2) is 6.35. The predicted molar refractivity (Wildman–Crippen MR) is 76.7 cm³/mol. The molecule has 0 aliphatic carbocycles. The molecular formula is C11H19N3O4S2. The molecule has 0 spiro atoms. The summed E-state index contributed by atoms with van der Waals surface area (Å²) in [5, 5.41) is 0. The van der Waals surface area contributed by atoms with Crippen molar-refractivity contribution in [1.82, 2.24) is 14.6 Å². The van der Waals surface area contributed by atoms with Crippen LogP contribution in [0.3, 0.4) is 0 Å². The van der Waals surface area contributed by atoms with Crippen LogP contribution in [0.25, 0.3) is 0 Å². The maximum absolute atomic E-state index is 12.2. The quantitative estimate of drug-likeness (QED) is 0.780. The topological polar surface area (TPSA) is 91.5 Å². The highest BCUT2D eigenvalue weighted by Gasteiger charge is 2.24. The molecule has 1 aromatic heterocycles. The number of hydrogen-bond donors (Lipinski definition) is 2. The summed E-state index contributed by atoms with van der Waals surface area (Å²) < 4.78 is 32.4. The Morgan fingerprint density at radius 2 is 2.10 bits per heavy atom. The minimum absolute atomic E-state index is 0.0660. The van der Waals surface area contributed by atoms with Gasteiger partial charge in [-0.05, 0) is 13.8 Å². The van der Waals surface area contributed by atoms with Crippen molar-refractivity contribution in [2.24, 2.45) is 0 Å². The SMILES string of the molecule is Cc1[nH]c(=O)sc1S(=O)(=O)NC(C)CN1CCOCC1. The Kier molecular flexibility index (Phi) is 4.97. The number of H-pyrrole nitrogens is 1. The Hall–Kier alpha value is -0.740. The standard InChI is InChI=1S/C11H19N3O4S2/c1-8(7-14-3-5-18-6-4-14)13-20(16,17)10-9(2)12-11(15)19-10/h8,13H,3-7H2,1-2H3,(H,12,15). The summed E-state index contributed by atoms with van der Waals surface area (Å²) in [5.74, 6) is 0. The lowest BCUT2D eigenvalue weighted by atomic mass is 10.3. The van der Waals surface area contributed by atoms with Crippen molar-refractivity contribution in [3.05, 3.63) is 15.4 Å². The molecule has 2 N–H and O–H groups in total. The molecule has 20 heavy (non-hydrogen) atoms. The van der Waals surface area contributed by atoms with E-state index in [1.54, 1.807) is 6.92 Å². The van der Waals surface area contributed by atoms with Gasteiger partial charge in [-0.25, -0.2) is 13.1 Å². The zero-order valence-electron chi connectivity index (χ0n) is 11.5. The van der Waals surface area contributed by atoms with Gasteiger partial charge in [0.05, 0.1) is 13.2 Å².